The zero-order chi connectivity index (χ0) is 31.2. The van der Waals surface area contributed by atoms with E-state index in [1.54, 1.807) is 18.0 Å². The fourth-order valence-electron chi connectivity index (χ4n) is 5.81. The van der Waals surface area contributed by atoms with E-state index in [4.69, 9.17) is 11.5 Å². The van der Waals surface area contributed by atoms with E-state index in [-0.39, 0.29) is 24.9 Å². The molecule has 226 valence electrons. The SMILES string of the molecule is CN(C(=O)/C=C/CC(C)(C)N)[C@H](Cc1ccc2ccccc2c1)C(=O)N1CCC(Cc2ccccc2)(C(=O)C(N)=O)CC1. The molecule has 1 aliphatic heterocycles. The van der Waals surface area contributed by atoms with Gasteiger partial charge in [-0.05, 0) is 67.5 Å². The van der Waals surface area contributed by atoms with E-state index >= 15 is 0 Å². The van der Waals surface area contributed by atoms with Crippen LogP contribution in [0.15, 0.2) is 84.9 Å². The third-order valence-corrected chi connectivity index (χ3v) is 8.37. The first-order chi connectivity index (χ1) is 20.4. The van der Waals surface area contributed by atoms with Gasteiger partial charge in [-0.3, -0.25) is 19.2 Å². The monoisotopic (exact) mass is 582 g/mol. The molecule has 1 aliphatic rings. The molecule has 1 heterocycles. The first kappa shape index (κ1) is 31.6. The van der Waals surface area contributed by atoms with Crippen molar-refractivity contribution in [3.63, 3.8) is 0 Å². The van der Waals surface area contributed by atoms with Gasteiger partial charge in [0.15, 0.2) is 0 Å². The number of fused-ring (bicyclic) bond motifs is 1. The summed E-state index contributed by atoms with van der Waals surface area (Å²) < 4.78 is 0. The summed E-state index contributed by atoms with van der Waals surface area (Å²) >= 11 is 0. The Kier molecular flexibility index (Phi) is 9.81. The highest BCUT2D eigenvalue weighted by molar-refractivity contribution is 6.37. The van der Waals surface area contributed by atoms with Crippen LogP contribution in [-0.4, -0.2) is 65.0 Å². The molecule has 3 aromatic carbocycles. The predicted octanol–water partition coefficient (Wildman–Crippen LogP) is 3.80. The van der Waals surface area contributed by atoms with Crippen molar-refractivity contribution >= 4 is 34.3 Å². The first-order valence-corrected chi connectivity index (χ1v) is 14.8. The lowest BCUT2D eigenvalue weighted by Gasteiger charge is -2.42. The second-order valence-corrected chi connectivity index (χ2v) is 12.4. The Hall–Kier alpha value is -4.30. The van der Waals surface area contributed by atoms with E-state index in [0.717, 1.165) is 21.9 Å². The van der Waals surface area contributed by atoms with E-state index in [9.17, 15) is 19.2 Å². The van der Waals surface area contributed by atoms with Crippen molar-refractivity contribution in [3.05, 3.63) is 96.1 Å². The van der Waals surface area contributed by atoms with Gasteiger partial charge in [0.25, 0.3) is 5.91 Å². The fraction of sp³-hybridized carbons (Fsp3) is 0.371. The van der Waals surface area contributed by atoms with Crippen LogP contribution in [0.2, 0.25) is 0 Å². The summed E-state index contributed by atoms with van der Waals surface area (Å²) in [6, 6.07) is 22.8. The van der Waals surface area contributed by atoms with Crippen LogP contribution in [0.4, 0.5) is 0 Å². The number of piperidine rings is 1. The molecule has 8 heteroatoms. The predicted molar refractivity (Wildman–Crippen MR) is 169 cm³/mol. The smallest absolute Gasteiger partial charge is 0.285 e. The highest BCUT2D eigenvalue weighted by Crippen LogP contribution is 2.37. The standard InChI is InChI=1S/C35H42N4O4/c1-34(2,37)17-9-14-30(40)38(3)29(23-26-15-16-27-12-7-8-13-28(27)22-26)33(43)39-20-18-35(19-21-39,31(41)32(36)42)24-25-10-5-4-6-11-25/h4-16,22,29H,17-21,23-24,37H2,1-3H3,(H2,36,42)/b14-9+/t29-/m1/s1. The average molecular weight is 583 g/mol. The number of nitrogens with zero attached hydrogens (tertiary/aromatic N) is 2. The largest absolute Gasteiger partial charge is 0.363 e. The maximum absolute atomic E-state index is 14.1. The summed E-state index contributed by atoms with van der Waals surface area (Å²) in [6.45, 7) is 4.32. The Morgan fingerprint density at radius 3 is 2.19 bits per heavy atom. The molecule has 4 rings (SSSR count). The molecule has 1 saturated heterocycles. The van der Waals surface area contributed by atoms with Crippen LogP contribution in [0, 0.1) is 5.41 Å². The number of carbonyl (C=O) groups is 4. The van der Waals surface area contributed by atoms with Gasteiger partial charge in [0.1, 0.15) is 6.04 Å². The van der Waals surface area contributed by atoms with E-state index in [1.807, 2.05) is 86.6 Å². The summed E-state index contributed by atoms with van der Waals surface area (Å²) in [4.78, 5) is 55.7. The number of Topliss-reactive ketones (excluding diaryl/α,β-unsaturated/α-hetero) is 1. The summed E-state index contributed by atoms with van der Waals surface area (Å²) in [5.41, 5.74) is 12.0. The van der Waals surface area contributed by atoms with Gasteiger partial charge in [-0.25, -0.2) is 0 Å². The third kappa shape index (κ3) is 7.96. The summed E-state index contributed by atoms with van der Waals surface area (Å²) in [5, 5.41) is 2.15. The number of primary amides is 1. The van der Waals surface area contributed by atoms with Crippen molar-refractivity contribution in [3.8, 4) is 0 Å². The lowest BCUT2D eigenvalue weighted by molar-refractivity contribution is -0.149. The minimum absolute atomic E-state index is 0.198. The van der Waals surface area contributed by atoms with Crippen LogP contribution in [0.5, 0.6) is 0 Å². The number of carbonyl (C=O) groups excluding carboxylic acids is 4. The lowest BCUT2D eigenvalue weighted by atomic mass is 9.70. The second-order valence-electron chi connectivity index (χ2n) is 12.4. The minimum atomic E-state index is -0.975. The van der Waals surface area contributed by atoms with Gasteiger partial charge < -0.3 is 21.3 Å². The molecule has 0 spiro atoms. The van der Waals surface area contributed by atoms with Crippen LogP contribution >= 0.6 is 0 Å². The number of amides is 3. The summed E-state index contributed by atoms with van der Waals surface area (Å²) in [7, 11) is 1.64. The summed E-state index contributed by atoms with van der Waals surface area (Å²) in [5.74, 6) is -2.04. The van der Waals surface area contributed by atoms with E-state index in [2.05, 4.69) is 0 Å². The third-order valence-electron chi connectivity index (χ3n) is 8.37. The van der Waals surface area contributed by atoms with Crippen molar-refractivity contribution < 1.29 is 19.2 Å². The number of rotatable bonds is 11. The molecule has 3 amide bonds. The van der Waals surface area contributed by atoms with Gasteiger partial charge in [0, 0.05) is 37.5 Å². The Balaban J connectivity index is 1.57. The van der Waals surface area contributed by atoms with Gasteiger partial charge in [0.2, 0.25) is 17.6 Å². The zero-order valence-electron chi connectivity index (χ0n) is 25.3. The fourth-order valence-corrected chi connectivity index (χ4v) is 5.81. The topological polar surface area (TPSA) is 127 Å². The van der Waals surface area contributed by atoms with Crippen molar-refractivity contribution in [1.82, 2.24) is 9.80 Å². The van der Waals surface area contributed by atoms with Gasteiger partial charge >= 0.3 is 0 Å². The quantitative estimate of drug-likeness (QED) is 0.263. The minimum Gasteiger partial charge on any atom is -0.363 e. The number of nitrogens with two attached hydrogens (primary N) is 2. The average Bonchev–Trinajstić information content (AvgIpc) is 2.98. The highest BCUT2D eigenvalue weighted by atomic mass is 16.2. The van der Waals surface area contributed by atoms with Crippen molar-refractivity contribution in [2.75, 3.05) is 20.1 Å². The molecule has 0 saturated carbocycles. The number of hydrogen-bond donors (Lipinski definition) is 2. The lowest BCUT2D eigenvalue weighted by Crippen LogP contribution is -2.55. The molecule has 1 atom stereocenters. The van der Waals surface area contributed by atoms with Crippen LogP contribution in [0.25, 0.3) is 10.8 Å². The molecule has 1 fully saturated rings. The Labute approximate surface area is 253 Å². The van der Waals surface area contributed by atoms with Crippen LogP contribution in [-0.2, 0) is 32.0 Å². The van der Waals surface area contributed by atoms with Crippen LogP contribution in [0.1, 0.15) is 44.2 Å². The summed E-state index contributed by atoms with van der Waals surface area (Å²) in [6.07, 6.45) is 5.04. The van der Waals surface area contributed by atoms with Gasteiger partial charge in [-0.15, -0.1) is 0 Å². The molecular weight excluding hydrogens is 540 g/mol. The molecule has 0 aliphatic carbocycles. The Morgan fingerprint density at radius 2 is 1.56 bits per heavy atom. The molecule has 3 aromatic rings. The molecule has 0 radical (unpaired) electrons. The number of likely N-dealkylation sites (N-methyl/N-ethyl adjacent to an activating group) is 1. The highest BCUT2D eigenvalue weighted by Gasteiger charge is 2.45. The molecule has 0 bridgehead atoms. The zero-order valence-corrected chi connectivity index (χ0v) is 25.3. The number of benzene rings is 3. The Bertz CT molecular complexity index is 1500. The van der Waals surface area contributed by atoms with Crippen molar-refractivity contribution in [2.24, 2.45) is 16.9 Å². The van der Waals surface area contributed by atoms with Crippen molar-refractivity contribution in [2.45, 2.75) is 57.5 Å². The number of hydrogen-bond acceptors (Lipinski definition) is 5. The van der Waals surface area contributed by atoms with E-state index in [1.165, 1.54) is 11.0 Å². The second kappa shape index (κ2) is 13.3. The van der Waals surface area contributed by atoms with Crippen molar-refractivity contribution in [1.29, 1.82) is 0 Å². The maximum Gasteiger partial charge on any atom is 0.285 e. The molecule has 0 aromatic heterocycles. The van der Waals surface area contributed by atoms with Crippen LogP contribution in [0.3, 0.4) is 0 Å². The molecule has 0 unspecified atom stereocenters. The first-order valence-electron chi connectivity index (χ1n) is 14.8. The Morgan fingerprint density at radius 1 is 0.930 bits per heavy atom. The molecule has 4 N–H and O–H groups in total. The van der Waals surface area contributed by atoms with Gasteiger partial charge in [-0.1, -0.05) is 78.9 Å². The van der Waals surface area contributed by atoms with E-state index < -0.39 is 28.7 Å². The molecule has 43 heavy (non-hydrogen) atoms. The maximum atomic E-state index is 14.1. The van der Waals surface area contributed by atoms with Gasteiger partial charge in [-0.2, -0.15) is 0 Å². The molecular formula is C35H42N4O4. The number of ketones is 1. The number of likely N-dealkylation sites (tertiary alicyclic amines) is 1. The molecule has 8 nitrogen and oxygen atoms in total. The van der Waals surface area contributed by atoms with Crippen LogP contribution < -0.4 is 11.5 Å². The van der Waals surface area contributed by atoms with Gasteiger partial charge in [0.05, 0.1) is 0 Å². The normalized spacial score (nSPS) is 15.8. The van der Waals surface area contributed by atoms with E-state index in [0.29, 0.717) is 32.1 Å².